The van der Waals surface area contributed by atoms with Gasteiger partial charge < -0.3 is 10.6 Å². The SMILES string of the molecule is CC(C)(C)CC(C)(C)NCC(=O)NCC1CCCCC1. The topological polar surface area (TPSA) is 41.1 Å². The zero-order chi connectivity index (χ0) is 15.2. The average molecular weight is 282 g/mol. The lowest BCUT2D eigenvalue weighted by Gasteiger charge is -2.33. The zero-order valence-electron chi connectivity index (χ0n) is 14.1. The van der Waals surface area contributed by atoms with E-state index < -0.39 is 0 Å². The van der Waals surface area contributed by atoms with Crippen LogP contribution in [-0.2, 0) is 4.79 Å². The molecule has 0 atom stereocenters. The fourth-order valence-corrected chi connectivity index (χ4v) is 3.42. The summed E-state index contributed by atoms with van der Waals surface area (Å²) in [5.74, 6) is 0.841. The van der Waals surface area contributed by atoms with Gasteiger partial charge in [-0.2, -0.15) is 0 Å². The summed E-state index contributed by atoms with van der Waals surface area (Å²) < 4.78 is 0. The van der Waals surface area contributed by atoms with E-state index in [2.05, 4.69) is 45.3 Å². The summed E-state index contributed by atoms with van der Waals surface area (Å²) in [6, 6.07) is 0. The van der Waals surface area contributed by atoms with Gasteiger partial charge in [-0.25, -0.2) is 0 Å². The van der Waals surface area contributed by atoms with Crippen molar-refractivity contribution in [1.82, 2.24) is 10.6 Å². The second-order valence-corrected chi connectivity index (χ2v) is 8.28. The fraction of sp³-hybridized carbons (Fsp3) is 0.941. The van der Waals surface area contributed by atoms with E-state index in [0.717, 1.165) is 13.0 Å². The molecule has 1 amide bonds. The van der Waals surface area contributed by atoms with Crippen molar-refractivity contribution in [1.29, 1.82) is 0 Å². The summed E-state index contributed by atoms with van der Waals surface area (Å²) in [5, 5.41) is 6.48. The first-order valence-corrected chi connectivity index (χ1v) is 8.20. The molecule has 0 aliphatic heterocycles. The highest BCUT2D eigenvalue weighted by Gasteiger charge is 2.25. The Balaban J connectivity index is 2.21. The number of rotatable bonds is 6. The van der Waals surface area contributed by atoms with E-state index in [1.165, 1.54) is 32.1 Å². The molecule has 0 spiro atoms. The van der Waals surface area contributed by atoms with Crippen molar-refractivity contribution in [3.05, 3.63) is 0 Å². The first-order valence-electron chi connectivity index (χ1n) is 8.20. The Morgan fingerprint density at radius 2 is 1.65 bits per heavy atom. The first-order chi connectivity index (χ1) is 9.18. The van der Waals surface area contributed by atoms with Crippen molar-refractivity contribution in [3.8, 4) is 0 Å². The highest BCUT2D eigenvalue weighted by Crippen LogP contribution is 2.26. The predicted molar refractivity (Wildman–Crippen MR) is 85.7 cm³/mol. The third-order valence-electron chi connectivity index (χ3n) is 4.01. The van der Waals surface area contributed by atoms with Crippen molar-refractivity contribution in [3.63, 3.8) is 0 Å². The number of carbonyl (C=O) groups is 1. The van der Waals surface area contributed by atoms with Crippen LogP contribution in [0.4, 0.5) is 0 Å². The van der Waals surface area contributed by atoms with Crippen molar-refractivity contribution in [2.24, 2.45) is 11.3 Å². The van der Waals surface area contributed by atoms with Gasteiger partial charge in [0.25, 0.3) is 0 Å². The number of carbonyl (C=O) groups excluding carboxylic acids is 1. The van der Waals surface area contributed by atoms with E-state index in [-0.39, 0.29) is 16.9 Å². The van der Waals surface area contributed by atoms with Crippen molar-refractivity contribution in [2.75, 3.05) is 13.1 Å². The molecule has 3 heteroatoms. The summed E-state index contributed by atoms with van der Waals surface area (Å²) in [4.78, 5) is 11.9. The quantitative estimate of drug-likeness (QED) is 0.783. The van der Waals surface area contributed by atoms with E-state index in [9.17, 15) is 4.79 Å². The van der Waals surface area contributed by atoms with Gasteiger partial charge in [-0.1, -0.05) is 40.0 Å². The van der Waals surface area contributed by atoms with Crippen LogP contribution in [0.3, 0.4) is 0 Å². The Labute approximate surface area is 125 Å². The molecule has 0 saturated heterocycles. The van der Waals surface area contributed by atoms with Crippen LogP contribution in [0.1, 0.15) is 73.1 Å². The van der Waals surface area contributed by atoms with Gasteiger partial charge in [-0.15, -0.1) is 0 Å². The third-order valence-corrected chi connectivity index (χ3v) is 4.01. The molecule has 2 N–H and O–H groups in total. The Morgan fingerprint density at radius 1 is 1.05 bits per heavy atom. The highest BCUT2D eigenvalue weighted by atomic mass is 16.1. The second kappa shape index (κ2) is 7.44. The molecular weight excluding hydrogens is 248 g/mol. The summed E-state index contributed by atoms with van der Waals surface area (Å²) in [7, 11) is 0. The van der Waals surface area contributed by atoms with E-state index in [1.807, 2.05) is 0 Å². The van der Waals surface area contributed by atoms with Gasteiger partial charge in [-0.3, -0.25) is 4.79 Å². The van der Waals surface area contributed by atoms with Crippen molar-refractivity contribution in [2.45, 2.75) is 78.7 Å². The summed E-state index contributed by atoms with van der Waals surface area (Å²) in [5.41, 5.74) is 0.273. The standard InChI is InChI=1S/C17H34N2O/c1-16(2,3)13-17(4,5)19-12-15(20)18-11-14-9-7-6-8-10-14/h14,19H,6-13H2,1-5H3,(H,18,20). The lowest BCUT2D eigenvalue weighted by molar-refractivity contribution is -0.120. The van der Waals surface area contributed by atoms with Crippen LogP contribution >= 0.6 is 0 Å². The number of nitrogens with one attached hydrogen (secondary N) is 2. The van der Waals surface area contributed by atoms with Gasteiger partial charge in [0.15, 0.2) is 0 Å². The van der Waals surface area contributed by atoms with Crippen LogP contribution < -0.4 is 10.6 Å². The molecule has 1 saturated carbocycles. The average Bonchev–Trinajstić information content (AvgIpc) is 2.32. The van der Waals surface area contributed by atoms with Crippen molar-refractivity contribution < 1.29 is 4.79 Å². The number of hydrogen-bond acceptors (Lipinski definition) is 2. The molecule has 0 aromatic heterocycles. The molecule has 0 aromatic rings. The lowest BCUT2D eigenvalue weighted by atomic mass is 9.82. The Morgan fingerprint density at radius 3 is 2.20 bits per heavy atom. The second-order valence-electron chi connectivity index (χ2n) is 8.28. The Hall–Kier alpha value is -0.570. The van der Waals surface area contributed by atoms with Gasteiger partial charge in [0.05, 0.1) is 6.54 Å². The number of hydrogen-bond donors (Lipinski definition) is 2. The van der Waals surface area contributed by atoms with Gasteiger partial charge in [0.1, 0.15) is 0 Å². The maximum Gasteiger partial charge on any atom is 0.233 e. The number of amides is 1. The van der Waals surface area contributed by atoms with Gasteiger partial charge in [0.2, 0.25) is 5.91 Å². The summed E-state index contributed by atoms with van der Waals surface area (Å²) in [6.07, 6.45) is 7.64. The maximum absolute atomic E-state index is 11.9. The van der Waals surface area contributed by atoms with E-state index >= 15 is 0 Å². The van der Waals surface area contributed by atoms with Crippen LogP contribution in [0.15, 0.2) is 0 Å². The third kappa shape index (κ3) is 7.88. The monoisotopic (exact) mass is 282 g/mol. The molecule has 0 aromatic carbocycles. The van der Waals surface area contributed by atoms with Crippen molar-refractivity contribution >= 4 is 5.91 Å². The molecule has 0 bridgehead atoms. The van der Waals surface area contributed by atoms with E-state index in [4.69, 9.17) is 0 Å². The van der Waals surface area contributed by atoms with Crippen LogP contribution in [-0.4, -0.2) is 24.5 Å². The maximum atomic E-state index is 11.9. The molecule has 1 aliphatic carbocycles. The normalized spacial score (nSPS) is 18.1. The molecule has 1 rings (SSSR count). The molecule has 0 radical (unpaired) electrons. The minimum Gasteiger partial charge on any atom is -0.355 e. The van der Waals surface area contributed by atoms with E-state index in [1.54, 1.807) is 0 Å². The summed E-state index contributed by atoms with van der Waals surface area (Å²) >= 11 is 0. The molecule has 1 fully saturated rings. The Bertz CT molecular complexity index is 299. The first kappa shape index (κ1) is 17.5. The smallest absolute Gasteiger partial charge is 0.233 e. The molecule has 0 unspecified atom stereocenters. The van der Waals surface area contributed by atoms with E-state index in [0.29, 0.717) is 12.5 Å². The fourth-order valence-electron chi connectivity index (χ4n) is 3.42. The molecule has 20 heavy (non-hydrogen) atoms. The highest BCUT2D eigenvalue weighted by molar-refractivity contribution is 5.78. The van der Waals surface area contributed by atoms with Crippen LogP contribution in [0.2, 0.25) is 0 Å². The van der Waals surface area contributed by atoms with Crippen LogP contribution in [0, 0.1) is 11.3 Å². The molecule has 0 heterocycles. The summed E-state index contributed by atoms with van der Waals surface area (Å²) in [6.45, 7) is 12.3. The largest absolute Gasteiger partial charge is 0.355 e. The van der Waals surface area contributed by atoms with Crippen LogP contribution in [0.5, 0.6) is 0 Å². The van der Waals surface area contributed by atoms with Gasteiger partial charge in [-0.05, 0) is 44.4 Å². The van der Waals surface area contributed by atoms with Crippen LogP contribution in [0.25, 0.3) is 0 Å². The Kier molecular flexibility index (Phi) is 6.50. The molecule has 118 valence electrons. The minimum atomic E-state index is 0.000425. The predicted octanol–water partition coefficient (Wildman–Crippen LogP) is 3.49. The lowest BCUT2D eigenvalue weighted by Crippen LogP contribution is -2.47. The van der Waals surface area contributed by atoms with Gasteiger partial charge >= 0.3 is 0 Å². The van der Waals surface area contributed by atoms with Gasteiger partial charge in [0, 0.05) is 12.1 Å². The molecule has 1 aliphatic rings. The molecule has 3 nitrogen and oxygen atoms in total. The minimum absolute atomic E-state index is 0.000425. The molecular formula is C17H34N2O. The zero-order valence-corrected chi connectivity index (χ0v) is 14.1.